The van der Waals surface area contributed by atoms with Crippen LogP contribution in [0.25, 0.3) is 0 Å². The fourth-order valence-electron chi connectivity index (χ4n) is 3.05. The lowest BCUT2D eigenvalue weighted by atomic mass is 10.0. The van der Waals surface area contributed by atoms with Gasteiger partial charge in [0.15, 0.2) is 0 Å². The van der Waals surface area contributed by atoms with Crippen LogP contribution in [-0.4, -0.2) is 33.3 Å². The fourth-order valence-corrected chi connectivity index (χ4v) is 3.05. The molecule has 1 amide bonds. The zero-order chi connectivity index (χ0) is 14.7. The lowest BCUT2D eigenvalue weighted by Crippen LogP contribution is -2.43. The van der Waals surface area contributed by atoms with Crippen molar-refractivity contribution in [1.29, 1.82) is 0 Å². The number of aliphatic hydroxyl groups is 1. The Balaban J connectivity index is 2.20. The molecule has 0 radical (unpaired) electrons. The highest BCUT2D eigenvalue weighted by molar-refractivity contribution is 5.66. The summed E-state index contributed by atoms with van der Waals surface area (Å²) in [6.07, 6.45) is 1.05. The van der Waals surface area contributed by atoms with Crippen molar-refractivity contribution in [3.63, 3.8) is 0 Å². The molecule has 0 unspecified atom stereocenters. The molecule has 3 atom stereocenters. The lowest BCUT2D eigenvalue weighted by Gasteiger charge is -2.30. The Labute approximate surface area is 117 Å². The maximum absolute atomic E-state index is 13.2. The van der Waals surface area contributed by atoms with Gasteiger partial charge in [-0.3, -0.25) is 4.90 Å². The van der Waals surface area contributed by atoms with Gasteiger partial charge in [-0.2, -0.15) is 0 Å². The molecule has 1 heterocycles. The van der Waals surface area contributed by atoms with Gasteiger partial charge in [0.25, 0.3) is 0 Å². The van der Waals surface area contributed by atoms with Crippen molar-refractivity contribution >= 4 is 6.09 Å². The van der Waals surface area contributed by atoms with Crippen molar-refractivity contribution in [3.8, 4) is 0 Å². The van der Waals surface area contributed by atoms with Crippen LogP contribution in [0.1, 0.15) is 44.3 Å². The summed E-state index contributed by atoms with van der Waals surface area (Å²) >= 11 is 0. The number of halogens is 1. The molecule has 1 aromatic rings. The average Bonchev–Trinajstić information content (AvgIpc) is 2.82. The van der Waals surface area contributed by atoms with E-state index in [2.05, 4.69) is 0 Å². The van der Waals surface area contributed by atoms with Crippen molar-refractivity contribution in [2.75, 3.05) is 0 Å². The summed E-state index contributed by atoms with van der Waals surface area (Å²) in [7, 11) is 0. The number of hydrogen-bond acceptors (Lipinski definition) is 2. The maximum Gasteiger partial charge on any atom is 0.407 e. The molecule has 1 fully saturated rings. The van der Waals surface area contributed by atoms with Gasteiger partial charge in [-0.25, -0.2) is 9.18 Å². The van der Waals surface area contributed by atoms with E-state index in [1.165, 1.54) is 23.1 Å². The quantitative estimate of drug-likeness (QED) is 0.891. The number of hydrogen-bond donors (Lipinski definition) is 2. The third-order valence-electron chi connectivity index (χ3n) is 3.94. The first kappa shape index (κ1) is 14.8. The summed E-state index contributed by atoms with van der Waals surface area (Å²) in [5.41, 5.74) is 0.429. The van der Waals surface area contributed by atoms with Gasteiger partial charge in [-0.1, -0.05) is 25.5 Å². The second-order valence-electron chi connectivity index (χ2n) is 5.28. The standard InChI is InChI=1S/C15H20FNO3/c1-2-4-12-7-8-13(17(12)15(19)20)14(18)10-5-3-6-11(16)9-10/h3,5-6,9,12-14,18H,2,4,7-8H2,1H3,(H,19,20)/t12-,13+,14+/m0/s1. The lowest BCUT2D eigenvalue weighted by molar-refractivity contribution is 0.0525. The topological polar surface area (TPSA) is 60.8 Å². The van der Waals surface area contributed by atoms with Gasteiger partial charge in [0, 0.05) is 6.04 Å². The minimum absolute atomic E-state index is 0.0503. The second-order valence-corrected chi connectivity index (χ2v) is 5.28. The molecule has 2 rings (SSSR count). The fraction of sp³-hybridized carbons (Fsp3) is 0.533. The molecule has 0 bridgehead atoms. The predicted molar refractivity (Wildman–Crippen MR) is 72.9 cm³/mol. The number of amides is 1. The smallest absolute Gasteiger partial charge is 0.407 e. The molecular formula is C15H20FNO3. The first-order valence-electron chi connectivity index (χ1n) is 6.99. The van der Waals surface area contributed by atoms with Crippen LogP contribution in [0.15, 0.2) is 24.3 Å². The highest BCUT2D eigenvalue weighted by Gasteiger charge is 2.40. The van der Waals surface area contributed by atoms with Crippen molar-refractivity contribution in [2.45, 2.75) is 50.8 Å². The molecule has 0 saturated carbocycles. The molecule has 0 spiro atoms. The Morgan fingerprint density at radius 1 is 1.50 bits per heavy atom. The molecule has 4 nitrogen and oxygen atoms in total. The minimum Gasteiger partial charge on any atom is -0.465 e. The molecule has 20 heavy (non-hydrogen) atoms. The van der Waals surface area contributed by atoms with Gasteiger partial charge < -0.3 is 10.2 Å². The number of carbonyl (C=O) groups is 1. The van der Waals surface area contributed by atoms with Crippen LogP contribution in [0.4, 0.5) is 9.18 Å². The summed E-state index contributed by atoms with van der Waals surface area (Å²) in [6.45, 7) is 2.01. The normalized spacial score (nSPS) is 23.9. The highest BCUT2D eigenvalue weighted by Crippen LogP contribution is 2.35. The molecule has 1 aromatic carbocycles. The van der Waals surface area contributed by atoms with Crippen molar-refractivity contribution in [3.05, 3.63) is 35.6 Å². The van der Waals surface area contributed by atoms with E-state index in [-0.39, 0.29) is 6.04 Å². The number of likely N-dealkylation sites (tertiary alicyclic amines) is 1. The first-order valence-corrected chi connectivity index (χ1v) is 6.99. The van der Waals surface area contributed by atoms with E-state index < -0.39 is 24.1 Å². The van der Waals surface area contributed by atoms with Crippen molar-refractivity contribution in [1.82, 2.24) is 4.90 Å². The molecule has 1 aliphatic heterocycles. The average molecular weight is 281 g/mol. The van der Waals surface area contributed by atoms with Crippen LogP contribution in [0.2, 0.25) is 0 Å². The van der Waals surface area contributed by atoms with Gasteiger partial charge >= 0.3 is 6.09 Å². The van der Waals surface area contributed by atoms with Crippen LogP contribution in [0, 0.1) is 5.82 Å². The number of nitrogens with zero attached hydrogens (tertiary/aromatic N) is 1. The van der Waals surface area contributed by atoms with Crippen molar-refractivity contribution < 1.29 is 19.4 Å². The maximum atomic E-state index is 13.2. The summed E-state index contributed by atoms with van der Waals surface area (Å²) in [5.74, 6) is -0.425. The van der Waals surface area contributed by atoms with Crippen LogP contribution in [0.3, 0.4) is 0 Å². The van der Waals surface area contributed by atoms with E-state index in [0.29, 0.717) is 12.0 Å². The predicted octanol–water partition coefficient (Wildman–Crippen LogP) is 3.17. The van der Waals surface area contributed by atoms with Crippen LogP contribution in [-0.2, 0) is 0 Å². The molecule has 5 heteroatoms. The molecule has 1 aliphatic rings. The minimum atomic E-state index is -1.01. The summed E-state index contributed by atoms with van der Waals surface area (Å²) in [6, 6.07) is 5.17. The van der Waals surface area contributed by atoms with Crippen LogP contribution >= 0.6 is 0 Å². The van der Waals surface area contributed by atoms with Gasteiger partial charge in [0.1, 0.15) is 5.82 Å². The molecule has 110 valence electrons. The van der Waals surface area contributed by atoms with Crippen LogP contribution < -0.4 is 0 Å². The third kappa shape index (κ3) is 2.93. The van der Waals surface area contributed by atoms with E-state index in [4.69, 9.17) is 0 Å². The van der Waals surface area contributed by atoms with Crippen LogP contribution in [0.5, 0.6) is 0 Å². The van der Waals surface area contributed by atoms with Gasteiger partial charge in [-0.05, 0) is 37.0 Å². The molecule has 0 aromatic heterocycles. The monoisotopic (exact) mass is 281 g/mol. The Bertz CT molecular complexity index is 480. The highest BCUT2D eigenvalue weighted by atomic mass is 19.1. The second kappa shape index (κ2) is 6.22. The number of carboxylic acid groups (broad SMARTS) is 1. The SMILES string of the molecule is CCC[C@H]1CC[C@H]([C@H](O)c2cccc(F)c2)N1C(=O)O. The third-order valence-corrected chi connectivity index (χ3v) is 3.94. The van der Waals surface area contributed by atoms with Gasteiger partial charge in [0.2, 0.25) is 0 Å². The number of rotatable bonds is 4. The Kier molecular flexibility index (Phi) is 4.60. The summed E-state index contributed by atoms with van der Waals surface area (Å²) in [5, 5.41) is 19.8. The van der Waals surface area contributed by atoms with Gasteiger partial charge in [0.05, 0.1) is 12.1 Å². The largest absolute Gasteiger partial charge is 0.465 e. The molecular weight excluding hydrogens is 261 g/mol. The van der Waals surface area contributed by atoms with E-state index in [1.54, 1.807) is 6.07 Å². The zero-order valence-corrected chi connectivity index (χ0v) is 11.5. The Hall–Kier alpha value is -1.62. The zero-order valence-electron chi connectivity index (χ0n) is 11.5. The molecule has 2 N–H and O–H groups in total. The van der Waals surface area contributed by atoms with E-state index in [9.17, 15) is 19.4 Å². The first-order chi connectivity index (χ1) is 9.54. The van der Waals surface area contributed by atoms with E-state index >= 15 is 0 Å². The van der Waals surface area contributed by atoms with E-state index in [0.717, 1.165) is 19.3 Å². The Morgan fingerprint density at radius 2 is 2.25 bits per heavy atom. The summed E-state index contributed by atoms with van der Waals surface area (Å²) in [4.78, 5) is 12.8. The molecule has 0 aliphatic carbocycles. The number of aliphatic hydroxyl groups excluding tert-OH is 1. The number of benzene rings is 1. The Morgan fingerprint density at radius 3 is 2.85 bits per heavy atom. The van der Waals surface area contributed by atoms with Crippen molar-refractivity contribution in [2.24, 2.45) is 0 Å². The van der Waals surface area contributed by atoms with Gasteiger partial charge in [-0.15, -0.1) is 0 Å². The van der Waals surface area contributed by atoms with E-state index in [1.807, 2.05) is 6.92 Å². The molecule has 1 saturated heterocycles. The summed E-state index contributed by atoms with van der Waals surface area (Å²) < 4.78 is 13.2.